The topological polar surface area (TPSA) is 58.4 Å². The Morgan fingerprint density at radius 2 is 2.00 bits per heavy atom. The summed E-state index contributed by atoms with van der Waals surface area (Å²) in [6.45, 7) is 0.759. The molecule has 1 aliphatic carbocycles. The van der Waals surface area contributed by atoms with Crippen LogP contribution in [0, 0.1) is 0 Å². The molecule has 4 rings (SSSR count). The number of nitrogens with one attached hydrogen (secondary N) is 1. The molecule has 0 amide bonds. The molecule has 6 heteroatoms. The summed E-state index contributed by atoms with van der Waals surface area (Å²) in [6, 6.07) is 10.8. The van der Waals surface area contributed by atoms with Gasteiger partial charge in [0.1, 0.15) is 5.82 Å². The molecule has 6 nitrogen and oxygen atoms in total. The summed E-state index contributed by atoms with van der Waals surface area (Å²) >= 11 is 0. The minimum Gasteiger partial charge on any atom is -0.365 e. The summed E-state index contributed by atoms with van der Waals surface area (Å²) in [5, 5.41) is 12.2. The van der Waals surface area contributed by atoms with Gasteiger partial charge in [-0.05, 0) is 32.5 Å². The van der Waals surface area contributed by atoms with E-state index in [1.807, 2.05) is 18.5 Å². The molecule has 1 N–H and O–H groups in total. The summed E-state index contributed by atoms with van der Waals surface area (Å²) in [5.74, 6) is 2.41. The normalized spacial score (nSPS) is 15.8. The predicted octanol–water partition coefficient (Wildman–Crippen LogP) is 2.72. The van der Waals surface area contributed by atoms with E-state index in [-0.39, 0.29) is 6.04 Å². The third-order valence-corrected chi connectivity index (χ3v) is 4.57. The Balaban J connectivity index is 1.57. The molecule has 1 fully saturated rings. The number of anilines is 1. The highest BCUT2D eigenvalue weighted by molar-refractivity contribution is 5.62. The first-order valence-electron chi connectivity index (χ1n) is 8.39. The van der Waals surface area contributed by atoms with E-state index in [9.17, 15) is 0 Å². The highest BCUT2D eigenvalue weighted by atomic mass is 15.3. The van der Waals surface area contributed by atoms with Crippen LogP contribution in [0.3, 0.4) is 0 Å². The maximum absolute atomic E-state index is 4.47. The molecule has 24 heavy (non-hydrogen) atoms. The van der Waals surface area contributed by atoms with Crippen LogP contribution in [-0.2, 0) is 0 Å². The average Bonchev–Trinajstić information content (AvgIpc) is 3.35. The van der Waals surface area contributed by atoms with Crippen LogP contribution in [0.1, 0.15) is 36.2 Å². The number of rotatable bonds is 6. The molecular weight excluding hydrogens is 300 g/mol. The smallest absolute Gasteiger partial charge is 0.203 e. The molecule has 1 saturated carbocycles. The van der Waals surface area contributed by atoms with Gasteiger partial charge < -0.3 is 10.2 Å². The summed E-state index contributed by atoms with van der Waals surface area (Å²) in [7, 11) is 4.19. The lowest BCUT2D eigenvalue weighted by molar-refractivity contribution is 0.311. The first kappa shape index (κ1) is 15.1. The van der Waals surface area contributed by atoms with E-state index in [4.69, 9.17) is 0 Å². The summed E-state index contributed by atoms with van der Waals surface area (Å²) in [4.78, 5) is 6.68. The second kappa shape index (κ2) is 6.20. The highest BCUT2D eigenvalue weighted by Crippen LogP contribution is 2.39. The van der Waals surface area contributed by atoms with Gasteiger partial charge in [0.2, 0.25) is 5.65 Å². The molecule has 2 heterocycles. The number of likely N-dealkylation sites (N-methyl/N-ethyl adjacent to an activating group) is 1. The third-order valence-electron chi connectivity index (χ3n) is 4.57. The van der Waals surface area contributed by atoms with E-state index < -0.39 is 0 Å². The van der Waals surface area contributed by atoms with Crippen LogP contribution in [0.5, 0.6) is 0 Å². The molecule has 0 spiro atoms. The van der Waals surface area contributed by atoms with Gasteiger partial charge in [-0.15, -0.1) is 10.2 Å². The van der Waals surface area contributed by atoms with Crippen LogP contribution >= 0.6 is 0 Å². The van der Waals surface area contributed by atoms with E-state index in [1.54, 1.807) is 0 Å². The van der Waals surface area contributed by atoms with Crippen molar-refractivity contribution in [2.45, 2.75) is 24.8 Å². The fourth-order valence-electron chi connectivity index (χ4n) is 3.06. The number of benzene rings is 1. The lowest BCUT2D eigenvalue weighted by Crippen LogP contribution is -2.27. The van der Waals surface area contributed by atoms with Crippen molar-refractivity contribution in [3.8, 4) is 0 Å². The molecule has 1 aliphatic rings. The number of aromatic nitrogens is 4. The van der Waals surface area contributed by atoms with Gasteiger partial charge in [0.15, 0.2) is 5.82 Å². The minimum atomic E-state index is 0.263. The second-order valence-electron chi connectivity index (χ2n) is 6.57. The lowest BCUT2D eigenvalue weighted by atomic mass is 10.1. The number of nitrogens with zero attached hydrogens (tertiary/aromatic N) is 5. The monoisotopic (exact) mass is 322 g/mol. The van der Waals surface area contributed by atoms with Crippen LogP contribution in [0.4, 0.5) is 5.82 Å². The molecule has 1 unspecified atom stereocenters. The SMILES string of the molecule is CN(C)C(CNc1nccn2c(C3CC3)nnc12)c1ccccc1. The van der Waals surface area contributed by atoms with E-state index >= 15 is 0 Å². The Kier molecular flexibility index (Phi) is 3.90. The Bertz CT molecular complexity index is 822. The summed E-state index contributed by atoms with van der Waals surface area (Å²) in [6.07, 6.45) is 6.19. The fraction of sp³-hybridized carbons (Fsp3) is 0.389. The van der Waals surface area contributed by atoms with Gasteiger partial charge in [-0.1, -0.05) is 30.3 Å². The quantitative estimate of drug-likeness (QED) is 0.756. The molecule has 0 bridgehead atoms. The highest BCUT2D eigenvalue weighted by Gasteiger charge is 2.29. The maximum Gasteiger partial charge on any atom is 0.203 e. The Morgan fingerprint density at radius 1 is 1.21 bits per heavy atom. The molecule has 3 aromatic rings. The van der Waals surface area contributed by atoms with E-state index in [2.05, 4.69) is 68.2 Å². The van der Waals surface area contributed by atoms with Gasteiger partial charge in [-0.25, -0.2) is 4.98 Å². The van der Waals surface area contributed by atoms with E-state index in [0.29, 0.717) is 5.92 Å². The maximum atomic E-state index is 4.47. The van der Waals surface area contributed by atoms with Crippen molar-refractivity contribution in [1.82, 2.24) is 24.5 Å². The molecule has 0 saturated heterocycles. The lowest BCUT2D eigenvalue weighted by Gasteiger charge is -2.25. The standard InChI is InChI=1S/C18H22N6/c1-23(2)15(13-6-4-3-5-7-13)12-20-16-18-22-21-17(14-8-9-14)24(18)11-10-19-16/h3-7,10-11,14-15H,8-9,12H2,1-2H3,(H,19,20). The van der Waals surface area contributed by atoms with Crippen LogP contribution in [0.25, 0.3) is 5.65 Å². The zero-order valence-corrected chi connectivity index (χ0v) is 14.1. The van der Waals surface area contributed by atoms with Crippen molar-refractivity contribution in [1.29, 1.82) is 0 Å². The minimum absolute atomic E-state index is 0.263. The van der Waals surface area contributed by atoms with Gasteiger partial charge in [0, 0.05) is 24.9 Å². The Labute approximate surface area is 141 Å². The fourth-order valence-corrected chi connectivity index (χ4v) is 3.06. The van der Waals surface area contributed by atoms with Gasteiger partial charge in [-0.2, -0.15) is 0 Å². The van der Waals surface area contributed by atoms with Crippen molar-refractivity contribution in [3.63, 3.8) is 0 Å². The molecule has 124 valence electrons. The summed E-state index contributed by atoms with van der Waals surface area (Å²) in [5.41, 5.74) is 2.09. The average molecular weight is 322 g/mol. The predicted molar refractivity (Wildman–Crippen MR) is 94.1 cm³/mol. The van der Waals surface area contributed by atoms with Crippen LogP contribution in [0.15, 0.2) is 42.7 Å². The van der Waals surface area contributed by atoms with Crippen molar-refractivity contribution >= 4 is 11.5 Å². The van der Waals surface area contributed by atoms with Crippen molar-refractivity contribution < 1.29 is 0 Å². The van der Waals surface area contributed by atoms with Crippen molar-refractivity contribution in [2.75, 3.05) is 26.0 Å². The zero-order chi connectivity index (χ0) is 16.5. The molecule has 1 atom stereocenters. The Hall–Kier alpha value is -2.47. The molecule has 2 aromatic heterocycles. The zero-order valence-electron chi connectivity index (χ0n) is 14.1. The van der Waals surface area contributed by atoms with Crippen LogP contribution in [-0.4, -0.2) is 45.1 Å². The van der Waals surface area contributed by atoms with E-state index in [1.165, 1.54) is 18.4 Å². The van der Waals surface area contributed by atoms with E-state index in [0.717, 1.165) is 23.8 Å². The first-order valence-corrected chi connectivity index (χ1v) is 8.39. The second-order valence-corrected chi connectivity index (χ2v) is 6.57. The Morgan fingerprint density at radius 3 is 2.71 bits per heavy atom. The summed E-state index contributed by atoms with van der Waals surface area (Å²) < 4.78 is 2.07. The van der Waals surface area contributed by atoms with Gasteiger partial charge in [0.25, 0.3) is 0 Å². The third kappa shape index (κ3) is 2.85. The molecule has 1 aromatic carbocycles. The van der Waals surface area contributed by atoms with Crippen LogP contribution < -0.4 is 5.32 Å². The van der Waals surface area contributed by atoms with Crippen molar-refractivity contribution in [3.05, 3.63) is 54.1 Å². The van der Waals surface area contributed by atoms with Gasteiger partial charge in [-0.3, -0.25) is 4.40 Å². The first-order chi connectivity index (χ1) is 11.7. The van der Waals surface area contributed by atoms with Gasteiger partial charge in [0.05, 0.1) is 6.04 Å². The van der Waals surface area contributed by atoms with Crippen molar-refractivity contribution in [2.24, 2.45) is 0 Å². The van der Waals surface area contributed by atoms with Gasteiger partial charge >= 0.3 is 0 Å². The largest absolute Gasteiger partial charge is 0.365 e. The number of hydrogen-bond acceptors (Lipinski definition) is 5. The number of hydrogen-bond donors (Lipinski definition) is 1. The molecular formula is C18H22N6. The number of fused-ring (bicyclic) bond motifs is 1. The molecule has 0 radical (unpaired) electrons. The van der Waals surface area contributed by atoms with Crippen LogP contribution in [0.2, 0.25) is 0 Å². The molecule has 0 aliphatic heterocycles.